The third-order valence-electron chi connectivity index (χ3n) is 16.0. The highest BCUT2D eigenvalue weighted by Gasteiger charge is 2.22. The van der Waals surface area contributed by atoms with Crippen molar-refractivity contribution < 1.29 is 51.4 Å². The number of aryl methyl sites for hydroxylation is 4. The Morgan fingerprint density at radius 1 is 0.487 bits per heavy atom. The van der Waals surface area contributed by atoms with E-state index in [0.717, 1.165) is 101 Å². The summed E-state index contributed by atoms with van der Waals surface area (Å²) < 4.78 is 88.8. The van der Waals surface area contributed by atoms with Crippen LogP contribution in [0.2, 0.25) is 0 Å². The number of nitrogens with two attached hydrogens (primary N) is 1. The molecule has 0 saturated carbocycles. The van der Waals surface area contributed by atoms with Crippen LogP contribution in [-0.2, 0) is 39.3 Å². The van der Waals surface area contributed by atoms with Crippen molar-refractivity contribution in [2.45, 2.75) is 18.0 Å². The van der Waals surface area contributed by atoms with Crippen LogP contribution in [0.4, 0.5) is 51.9 Å². The first kappa shape index (κ1) is 80.9. The Morgan fingerprint density at radius 3 is 1.30 bits per heavy atom. The lowest BCUT2D eigenvalue weighted by Crippen LogP contribution is -1.98. The maximum absolute atomic E-state index is 12.6. The second-order valence-electron chi connectivity index (χ2n) is 23.4. The number of halogens is 7. The molecule has 0 amide bonds. The SMILES string of the molecule is CI.Cn1cnc2c(-c3ccccc3)cc(N)cc21.Cn1cnc2c(-c3ccccc3)cc(Nc3ncc(-c4nnc(C(F)F)o4)cn3)cc21.Cn1cnc2c(-c3ccccc3)cc([N+](=O)[O-])cc21.Cn1cnc2c(Br)cc([N+](=O)[O-])cc21.O=S([O-])c1ncc(-c2nnc(C(F)F)o2)cn1.O=[N+]([O-])c1cc(Br)c2nc[nH]c2c1.[HH]. The molecule has 1 atom stereocenters. The number of anilines is 3. The summed E-state index contributed by atoms with van der Waals surface area (Å²) >= 11 is 6.05. The lowest BCUT2D eigenvalue weighted by atomic mass is 10.0. The van der Waals surface area contributed by atoms with Crippen LogP contribution in [0.3, 0.4) is 0 Å². The molecule has 41 heteroatoms. The first-order chi connectivity index (χ1) is 54.3. The molecular weight excluding hydrogens is 1740 g/mol. The molecule has 9 aromatic heterocycles. The number of nitrogens with one attached hydrogen (secondary N) is 2. The highest BCUT2D eigenvalue weighted by atomic mass is 127. The van der Waals surface area contributed by atoms with Crippen LogP contribution in [0, 0.1) is 30.3 Å². The van der Waals surface area contributed by atoms with Crippen LogP contribution >= 0.6 is 54.5 Å². The van der Waals surface area contributed by atoms with E-state index in [0.29, 0.717) is 31.5 Å². The summed E-state index contributed by atoms with van der Waals surface area (Å²) in [4.78, 5) is 72.5. The zero-order chi connectivity index (χ0) is 80.7. The van der Waals surface area contributed by atoms with E-state index in [1.165, 1.54) is 43.0 Å². The Labute approximate surface area is 668 Å². The summed E-state index contributed by atoms with van der Waals surface area (Å²) in [6.07, 6.45) is 7.70. The molecule has 0 aliphatic rings. The lowest BCUT2D eigenvalue weighted by molar-refractivity contribution is -0.385. The standard InChI is InChI=1S/C21H15F2N7O.C14H11N3O2.C14H13N3.C8H6BrN3O2.C7H4BrN3O2.C7H4F2N4O3S.CH3I.H2/c1-30-11-26-17-15(12-5-3-2-4-6-12)7-14(8-16(17)30)27-21-24-9-13(10-25-21)19-28-29-20(31-19)18(22)23;1-16-9-15-14-12(10-5-3-2-4-6-10)7-11(17(18)19)8-13(14)16;1-17-9-16-14-12(7-11(15)8-13(14)17)10-5-3-2-4-6-10;1-11-4-10-8-6(9)2-5(12(13)14)3-7(8)11;8-5-1-4(11(12)13)2-6-7(5)10-3-9-6;8-4(9)6-13-12-5(16-6)3-1-10-7(11-2-3)17(14)15;1-2;/h2-11,18H,1H3,(H,24,25,27);2-9H,1H3;2-9H,15H2,1H3;2-4H,1H3;1-3H,(H,9,10);1-2,4H,(H,14,15);1H3;1H/p-1. The summed E-state index contributed by atoms with van der Waals surface area (Å²) in [5.41, 5.74) is 22.4. The van der Waals surface area contributed by atoms with Crippen LogP contribution in [0.1, 0.15) is 26.1 Å². The van der Waals surface area contributed by atoms with E-state index in [2.05, 4.69) is 147 Å². The molecule has 0 aliphatic carbocycles. The van der Waals surface area contributed by atoms with Gasteiger partial charge in [-0.15, -0.1) is 20.4 Å². The van der Waals surface area contributed by atoms with Crippen molar-refractivity contribution in [2.24, 2.45) is 28.2 Å². The van der Waals surface area contributed by atoms with Crippen molar-refractivity contribution in [1.82, 2.24) is 88.5 Å². The van der Waals surface area contributed by atoms with E-state index in [9.17, 15) is 56.7 Å². The van der Waals surface area contributed by atoms with E-state index in [-0.39, 0.29) is 40.8 Å². The molecule has 17 aromatic rings. The molecule has 0 aliphatic heterocycles. The number of benzene rings is 8. The largest absolute Gasteiger partial charge is 0.766 e. The number of alkyl halides is 5. The van der Waals surface area contributed by atoms with Gasteiger partial charge in [0.1, 0.15) is 11.0 Å². The quantitative estimate of drug-likeness (QED) is 0.0141. The molecule has 8 aromatic carbocycles. The van der Waals surface area contributed by atoms with Crippen LogP contribution in [0.25, 0.3) is 111 Å². The Bertz CT molecular complexity index is 6250. The van der Waals surface area contributed by atoms with Crippen LogP contribution in [0.15, 0.2) is 231 Å². The number of hydrogen-bond donors (Lipinski definition) is 3. The monoisotopic (exact) mass is 1800 g/mol. The van der Waals surface area contributed by atoms with Gasteiger partial charge in [0.15, 0.2) is 0 Å². The van der Waals surface area contributed by atoms with Gasteiger partial charge >= 0.3 is 12.9 Å². The van der Waals surface area contributed by atoms with Crippen LogP contribution < -0.4 is 11.1 Å². The number of H-pyrrole nitrogens is 1. The number of nitrogens with zero attached hydrogens (tertiary/aromatic N) is 20. The number of nitro groups is 3. The van der Waals surface area contributed by atoms with Crippen molar-refractivity contribution >= 4 is 155 Å². The maximum atomic E-state index is 12.6. The zero-order valence-electron chi connectivity index (χ0n) is 58.9. The number of aromatic amines is 1. The van der Waals surface area contributed by atoms with Crippen molar-refractivity contribution in [3.8, 4) is 56.3 Å². The number of aromatic nitrogens is 18. The van der Waals surface area contributed by atoms with Gasteiger partial charge in [-0.2, -0.15) is 17.6 Å². The van der Waals surface area contributed by atoms with E-state index in [1.54, 1.807) is 47.3 Å². The Balaban J connectivity index is 0.000000148. The molecule has 0 fully saturated rings. The zero-order valence-corrected chi connectivity index (χ0v) is 65.1. The Hall–Kier alpha value is -13.1. The summed E-state index contributed by atoms with van der Waals surface area (Å²) in [5.74, 6) is -1.50. The predicted octanol–water partition coefficient (Wildman–Crippen LogP) is 17.2. The Morgan fingerprint density at radius 2 is 0.867 bits per heavy atom. The lowest BCUT2D eigenvalue weighted by Gasteiger charge is -2.10. The molecular formula is C72H57Br2F4IN23O10S-. The molecule has 0 radical (unpaired) electrons. The van der Waals surface area contributed by atoms with Gasteiger partial charge in [0.2, 0.25) is 11.1 Å². The molecule has 0 spiro atoms. The minimum Gasteiger partial charge on any atom is -0.766 e. The van der Waals surface area contributed by atoms with E-state index in [1.807, 2.05) is 145 Å². The normalized spacial score (nSPS) is 11.1. The van der Waals surface area contributed by atoms with Crippen molar-refractivity contribution in [3.05, 3.63) is 259 Å². The average Bonchev–Trinajstić information content (AvgIpc) is 1.48. The summed E-state index contributed by atoms with van der Waals surface area (Å²) in [6.45, 7) is 0. The van der Waals surface area contributed by atoms with Gasteiger partial charge < -0.3 is 47.7 Å². The highest BCUT2D eigenvalue weighted by molar-refractivity contribution is 14.1. The van der Waals surface area contributed by atoms with Crippen LogP contribution in [0.5, 0.6) is 0 Å². The molecule has 0 bridgehead atoms. The second-order valence-corrected chi connectivity index (χ2v) is 25.9. The average molecular weight is 1800 g/mol. The molecule has 17 rings (SSSR count). The van der Waals surface area contributed by atoms with Crippen molar-refractivity contribution in [1.29, 1.82) is 0 Å². The fraction of sp³-hybridized carbons (Fsp3) is 0.0972. The molecule has 4 N–H and O–H groups in total. The van der Waals surface area contributed by atoms with Gasteiger partial charge in [0, 0.05) is 130 Å². The minimum absolute atomic E-state index is 0. The summed E-state index contributed by atoms with van der Waals surface area (Å²) in [7, 11) is 7.53. The van der Waals surface area contributed by atoms with E-state index in [4.69, 9.17) is 10.2 Å². The first-order valence-electron chi connectivity index (χ1n) is 32.4. The summed E-state index contributed by atoms with van der Waals surface area (Å²) in [6, 6.07) is 46.6. The molecule has 0 saturated heterocycles. The van der Waals surface area contributed by atoms with Gasteiger partial charge in [0.05, 0.1) is 111 Å². The number of nitrogen functional groups attached to an aromatic ring is 1. The topological polar surface area (TPSA) is 437 Å². The van der Waals surface area contributed by atoms with Gasteiger partial charge in [-0.3, -0.25) is 34.6 Å². The fourth-order valence-electron chi connectivity index (χ4n) is 10.8. The number of imidazole rings is 5. The number of fused-ring (bicyclic) bond motifs is 5. The van der Waals surface area contributed by atoms with Crippen molar-refractivity contribution in [3.63, 3.8) is 0 Å². The predicted molar refractivity (Wildman–Crippen MR) is 428 cm³/mol. The highest BCUT2D eigenvalue weighted by Crippen LogP contribution is 2.36. The van der Waals surface area contributed by atoms with Crippen LogP contribution in [-0.4, -0.2) is 117 Å². The van der Waals surface area contributed by atoms with Gasteiger partial charge in [-0.05, 0) is 77.7 Å². The van der Waals surface area contributed by atoms with E-state index >= 15 is 0 Å². The molecule has 576 valence electrons. The van der Waals surface area contributed by atoms with Crippen molar-refractivity contribution in [2.75, 3.05) is 16.0 Å². The van der Waals surface area contributed by atoms with Gasteiger partial charge in [-0.1, -0.05) is 114 Å². The van der Waals surface area contributed by atoms with Gasteiger partial charge in [-0.25, -0.2) is 44.9 Å². The maximum Gasteiger partial charge on any atom is 0.314 e. The van der Waals surface area contributed by atoms with E-state index < -0.39 is 50.7 Å². The number of non-ortho nitro benzene ring substituents is 3. The smallest absolute Gasteiger partial charge is 0.314 e. The number of hydrogen-bond acceptors (Lipinski definition) is 25. The molecule has 9 heterocycles. The molecule has 1 unspecified atom stereocenters. The minimum atomic E-state index is -2.87. The first-order valence-corrected chi connectivity index (χ1v) is 37.2. The third kappa shape index (κ3) is 19.4. The van der Waals surface area contributed by atoms with Gasteiger partial charge in [0.25, 0.3) is 40.6 Å². The molecule has 113 heavy (non-hydrogen) atoms. The summed E-state index contributed by atoms with van der Waals surface area (Å²) in [5, 5.41) is 48.2. The molecule has 33 nitrogen and oxygen atoms in total. The number of nitro benzene ring substituents is 3. The Kier molecular flexibility index (Phi) is 26.2. The third-order valence-corrected chi connectivity index (χ3v) is 17.8. The number of rotatable bonds is 13. The second kappa shape index (κ2) is 36.6. The fourth-order valence-corrected chi connectivity index (χ4v) is 12.2.